The highest BCUT2D eigenvalue weighted by Gasteiger charge is 2.16. The molecule has 0 bridgehead atoms. The van der Waals surface area contributed by atoms with Gasteiger partial charge in [0.2, 0.25) is 9.47 Å². The molecule has 0 aliphatic rings. The molecule has 0 atom stereocenters. The molecule has 2 rings (SSSR count). The van der Waals surface area contributed by atoms with E-state index in [-0.39, 0.29) is 10.4 Å². The van der Waals surface area contributed by atoms with Crippen molar-refractivity contribution in [2.75, 3.05) is 7.05 Å². The predicted octanol–water partition coefficient (Wildman–Crippen LogP) is 2.77. The normalized spacial score (nSPS) is 10.4. The van der Waals surface area contributed by atoms with Gasteiger partial charge in [0.25, 0.3) is 5.91 Å². The molecule has 0 saturated carbocycles. The number of hydrogen-bond donors (Lipinski definition) is 0. The molecule has 0 aliphatic carbocycles. The largest absolute Gasteiger partial charge is 0.335 e. The first-order valence-corrected chi connectivity index (χ1v) is 6.55. The molecular formula is C12H12ClN3OS. The van der Waals surface area contributed by atoms with Crippen molar-refractivity contribution in [3.63, 3.8) is 0 Å². The first kappa shape index (κ1) is 13.0. The number of aryl methyl sites for hydroxylation is 1. The third kappa shape index (κ3) is 3.05. The zero-order chi connectivity index (χ0) is 13.1. The van der Waals surface area contributed by atoms with Crippen LogP contribution in [-0.4, -0.2) is 28.1 Å². The Hall–Kier alpha value is -1.46. The van der Waals surface area contributed by atoms with Gasteiger partial charge in [-0.3, -0.25) is 4.79 Å². The minimum atomic E-state index is -0.167. The van der Waals surface area contributed by atoms with Gasteiger partial charge in [-0.1, -0.05) is 41.2 Å². The Bertz CT molecular complexity index is 553. The molecule has 0 aliphatic heterocycles. The molecule has 0 fully saturated rings. The van der Waals surface area contributed by atoms with Crippen LogP contribution in [0.2, 0.25) is 4.47 Å². The van der Waals surface area contributed by atoms with Gasteiger partial charge in [0.15, 0.2) is 0 Å². The van der Waals surface area contributed by atoms with Crippen molar-refractivity contribution in [1.29, 1.82) is 0 Å². The maximum atomic E-state index is 12.0. The minimum Gasteiger partial charge on any atom is -0.335 e. The number of rotatable bonds is 3. The van der Waals surface area contributed by atoms with Crippen LogP contribution in [0.15, 0.2) is 24.3 Å². The van der Waals surface area contributed by atoms with Crippen LogP contribution in [0, 0.1) is 6.92 Å². The van der Waals surface area contributed by atoms with Crippen LogP contribution >= 0.6 is 22.9 Å². The molecule has 2 aromatic rings. The molecule has 94 valence electrons. The summed E-state index contributed by atoms with van der Waals surface area (Å²) in [7, 11) is 1.73. The average molecular weight is 282 g/mol. The van der Waals surface area contributed by atoms with Gasteiger partial charge in [0, 0.05) is 13.6 Å². The SMILES string of the molecule is Cc1ccc(CN(C)C(=O)c2nnc(Cl)s2)cc1. The molecule has 1 aromatic heterocycles. The quantitative estimate of drug-likeness (QED) is 0.869. The first-order chi connectivity index (χ1) is 8.56. The van der Waals surface area contributed by atoms with E-state index in [1.807, 2.05) is 31.2 Å². The average Bonchev–Trinajstić information content (AvgIpc) is 2.78. The van der Waals surface area contributed by atoms with E-state index in [0.29, 0.717) is 11.6 Å². The summed E-state index contributed by atoms with van der Waals surface area (Å²) in [6.07, 6.45) is 0. The van der Waals surface area contributed by atoms with Crippen molar-refractivity contribution >= 4 is 28.8 Å². The van der Waals surface area contributed by atoms with Gasteiger partial charge < -0.3 is 4.90 Å². The highest BCUT2D eigenvalue weighted by Crippen LogP contribution is 2.17. The van der Waals surface area contributed by atoms with Crippen molar-refractivity contribution in [3.8, 4) is 0 Å². The summed E-state index contributed by atoms with van der Waals surface area (Å²) >= 11 is 6.75. The van der Waals surface area contributed by atoms with Gasteiger partial charge in [-0.05, 0) is 24.1 Å². The van der Waals surface area contributed by atoms with Crippen LogP contribution in [0.25, 0.3) is 0 Å². The topological polar surface area (TPSA) is 46.1 Å². The predicted molar refractivity (Wildman–Crippen MR) is 71.9 cm³/mol. The number of carbonyl (C=O) groups is 1. The molecule has 1 heterocycles. The summed E-state index contributed by atoms with van der Waals surface area (Å²) in [6.45, 7) is 2.57. The van der Waals surface area contributed by atoms with Crippen LogP contribution in [0.3, 0.4) is 0 Å². The number of carbonyl (C=O) groups excluding carboxylic acids is 1. The summed E-state index contributed by atoms with van der Waals surface area (Å²) in [5.74, 6) is -0.167. The Morgan fingerprint density at radius 2 is 2.00 bits per heavy atom. The zero-order valence-corrected chi connectivity index (χ0v) is 11.6. The lowest BCUT2D eigenvalue weighted by molar-refractivity contribution is 0.0784. The third-order valence-corrected chi connectivity index (χ3v) is 3.48. The number of halogens is 1. The Morgan fingerprint density at radius 3 is 2.56 bits per heavy atom. The van der Waals surface area contributed by atoms with Crippen molar-refractivity contribution < 1.29 is 4.79 Å². The van der Waals surface area contributed by atoms with Gasteiger partial charge in [0.05, 0.1) is 0 Å². The second kappa shape index (κ2) is 5.46. The third-order valence-electron chi connectivity index (χ3n) is 2.47. The summed E-state index contributed by atoms with van der Waals surface area (Å²) < 4.78 is 0.280. The molecule has 0 radical (unpaired) electrons. The van der Waals surface area contributed by atoms with E-state index in [0.717, 1.165) is 16.9 Å². The van der Waals surface area contributed by atoms with Gasteiger partial charge >= 0.3 is 0 Å². The summed E-state index contributed by atoms with van der Waals surface area (Å²) in [4.78, 5) is 13.6. The molecule has 4 nitrogen and oxygen atoms in total. The lowest BCUT2D eigenvalue weighted by atomic mass is 10.1. The van der Waals surface area contributed by atoms with Crippen molar-refractivity contribution in [2.45, 2.75) is 13.5 Å². The molecule has 0 saturated heterocycles. The summed E-state index contributed by atoms with van der Waals surface area (Å²) in [6, 6.07) is 8.06. The summed E-state index contributed by atoms with van der Waals surface area (Å²) in [5.41, 5.74) is 2.27. The maximum absolute atomic E-state index is 12.0. The number of amides is 1. The van der Waals surface area contributed by atoms with E-state index in [9.17, 15) is 4.79 Å². The Balaban J connectivity index is 2.05. The van der Waals surface area contributed by atoms with E-state index >= 15 is 0 Å². The van der Waals surface area contributed by atoms with Crippen molar-refractivity contribution in [3.05, 3.63) is 44.9 Å². The number of nitrogens with zero attached hydrogens (tertiary/aromatic N) is 3. The van der Waals surface area contributed by atoms with Crippen LogP contribution in [0.4, 0.5) is 0 Å². The van der Waals surface area contributed by atoms with Crippen LogP contribution < -0.4 is 0 Å². The Labute approximate surface area is 114 Å². The lowest BCUT2D eigenvalue weighted by Gasteiger charge is -2.15. The van der Waals surface area contributed by atoms with Gasteiger partial charge in [0.1, 0.15) is 0 Å². The van der Waals surface area contributed by atoms with E-state index in [1.165, 1.54) is 5.56 Å². The molecule has 6 heteroatoms. The van der Waals surface area contributed by atoms with E-state index in [1.54, 1.807) is 11.9 Å². The standard InChI is InChI=1S/C12H12ClN3OS/c1-8-3-5-9(6-4-8)7-16(2)11(17)10-14-15-12(13)18-10/h3-6H,7H2,1-2H3. The van der Waals surface area contributed by atoms with E-state index in [4.69, 9.17) is 11.6 Å². The van der Waals surface area contributed by atoms with E-state index < -0.39 is 0 Å². The monoisotopic (exact) mass is 281 g/mol. The van der Waals surface area contributed by atoms with Gasteiger partial charge in [-0.15, -0.1) is 10.2 Å². The highest BCUT2D eigenvalue weighted by molar-refractivity contribution is 7.17. The molecule has 18 heavy (non-hydrogen) atoms. The maximum Gasteiger partial charge on any atom is 0.284 e. The first-order valence-electron chi connectivity index (χ1n) is 5.36. The fourth-order valence-electron chi connectivity index (χ4n) is 1.49. The number of aromatic nitrogens is 2. The van der Waals surface area contributed by atoms with Crippen LogP contribution in [-0.2, 0) is 6.54 Å². The molecule has 0 N–H and O–H groups in total. The second-order valence-electron chi connectivity index (χ2n) is 4.01. The minimum absolute atomic E-state index is 0.167. The molecule has 0 spiro atoms. The van der Waals surface area contributed by atoms with E-state index in [2.05, 4.69) is 10.2 Å². The summed E-state index contributed by atoms with van der Waals surface area (Å²) in [5, 5.41) is 7.68. The van der Waals surface area contributed by atoms with Crippen molar-refractivity contribution in [1.82, 2.24) is 15.1 Å². The number of hydrogen-bond acceptors (Lipinski definition) is 4. The Morgan fingerprint density at radius 1 is 1.33 bits per heavy atom. The second-order valence-corrected chi connectivity index (χ2v) is 5.57. The fraction of sp³-hybridized carbons (Fsp3) is 0.250. The molecule has 1 amide bonds. The highest BCUT2D eigenvalue weighted by atomic mass is 35.5. The molecule has 1 aromatic carbocycles. The smallest absolute Gasteiger partial charge is 0.284 e. The van der Waals surface area contributed by atoms with Crippen LogP contribution in [0.5, 0.6) is 0 Å². The van der Waals surface area contributed by atoms with Crippen LogP contribution in [0.1, 0.15) is 20.9 Å². The van der Waals surface area contributed by atoms with Gasteiger partial charge in [-0.25, -0.2) is 0 Å². The zero-order valence-electron chi connectivity index (χ0n) is 10.1. The van der Waals surface area contributed by atoms with Gasteiger partial charge in [-0.2, -0.15) is 0 Å². The van der Waals surface area contributed by atoms with Crippen molar-refractivity contribution in [2.24, 2.45) is 0 Å². The lowest BCUT2D eigenvalue weighted by Crippen LogP contribution is -2.26. The fourth-order valence-corrected chi connectivity index (χ4v) is 2.32. The number of benzene rings is 1. The molecule has 0 unspecified atom stereocenters. The Kier molecular flexibility index (Phi) is 3.93. The molecular weight excluding hydrogens is 270 g/mol.